The topological polar surface area (TPSA) is 18.5 Å². The van der Waals surface area contributed by atoms with E-state index in [-0.39, 0.29) is 0 Å². The van der Waals surface area contributed by atoms with Crippen LogP contribution in [0.4, 0.5) is 0 Å². The van der Waals surface area contributed by atoms with E-state index in [0.29, 0.717) is 0 Å². The average Bonchev–Trinajstić information content (AvgIpc) is 2.28. The second kappa shape index (κ2) is 3.97. The maximum Gasteiger partial charge on any atom is 0.161 e. The number of hydrogen-bond acceptors (Lipinski definition) is 2. The zero-order chi connectivity index (χ0) is 10.8. The molecule has 0 radical (unpaired) electrons. The van der Waals surface area contributed by atoms with Crippen LogP contribution < -0.4 is 9.47 Å². The lowest BCUT2D eigenvalue weighted by atomic mass is 9.88. The molecule has 1 aliphatic carbocycles. The van der Waals surface area contributed by atoms with E-state index >= 15 is 0 Å². The zero-order valence-corrected chi connectivity index (χ0v) is 9.30. The minimum absolute atomic E-state index is 0.791. The third-order valence-electron chi connectivity index (χ3n) is 2.91. The zero-order valence-electron chi connectivity index (χ0n) is 9.30. The van der Waals surface area contributed by atoms with Crippen molar-refractivity contribution in [2.75, 3.05) is 14.2 Å². The molecule has 0 heterocycles. The first-order valence-electron chi connectivity index (χ1n) is 5.19. The second-order valence-electron chi connectivity index (χ2n) is 3.82. The Morgan fingerprint density at radius 1 is 1.07 bits per heavy atom. The van der Waals surface area contributed by atoms with Gasteiger partial charge in [0.05, 0.1) is 14.2 Å². The summed E-state index contributed by atoms with van der Waals surface area (Å²) >= 11 is 0. The number of aryl methyl sites for hydroxylation is 1. The summed E-state index contributed by atoms with van der Waals surface area (Å²) in [6.07, 6.45) is 3.37. The molecule has 0 atom stereocenters. The Hall–Kier alpha value is -1.44. The minimum Gasteiger partial charge on any atom is -0.493 e. The summed E-state index contributed by atoms with van der Waals surface area (Å²) in [7, 11) is 3.33. The number of ether oxygens (including phenoxy) is 2. The molecular formula is C13H16O2. The predicted octanol–water partition coefficient (Wildman–Crippen LogP) is 3.05. The van der Waals surface area contributed by atoms with Crippen LogP contribution in [0.2, 0.25) is 0 Å². The Kier molecular flexibility index (Phi) is 2.67. The van der Waals surface area contributed by atoms with Crippen LogP contribution in [0.1, 0.15) is 24.0 Å². The maximum absolute atomic E-state index is 5.28. The Labute approximate surface area is 90.5 Å². The standard InChI is InChI=1S/C13H16O2/c1-9-5-4-6-10-7-12(14-2)13(15-3)8-11(9)10/h7-8H,1,4-6H2,2-3H3. The van der Waals surface area contributed by atoms with Gasteiger partial charge in [0.25, 0.3) is 0 Å². The number of benzene rings is 1. The third kappa shape index (κ3) is 1.72. The molecule has 0 spiro atoms. The Morgan fingerprint density at radius 3 is 2.40 bits per heavy atom. The fraction of sp³-hybridized carbons (Fsp3) is 0.385. The van der Waals surface area contributed by atoms with E-state index in [2.05, 4.69) is 12.6 Å². The van der Waals surface area contributed by atoms with Crippen molar-refractivity contribution in [2.24, 2.45) is 0 Å². The molecular weight excluding hydrogens is 188 g/mol. The Morgan fingerprint density at radius 2 is 1.73 bits per heavy atom. The molecule has 15 heavy (non-hydrogen) atoms. The van der Waals surface area contributed by atoms with Gasteiger partial charge in [-0.2, -0.15) is 0 Å². The number of allylic oxidation sites excluding steroid dienone is 1. The first-order chi connectivity index (χ1) is 7.26. The largest absolute Gasteiger partial charge is 0.493 e. The van der Waals surface area contributed by atoms with Gasteiger partial charge < -0.3 is 9.47 Å². The molecule has 2 rings (SSSR count). The Balaban J connectivity index is 2.53. The molecule has 0 saturated heterocycles. The van der Waals surface area contributed by atoms with E-state index < -0.39 is 0 Å². The average molecular weight is 204 g/mol. The minimum atomic E-state index is 0.791. The van der Waals surface area contributed by atoms with Crippen LogP contribution in [-0.2, 0) is 6.42 Å². The van der Waals surface area contributed by atoms with Crippen molar-refractivity contribution in [3.63, 3.8) is 0 Å². The quantitative estimate of drug-likeness (QED) is 0.737. The van der Waals surface area contributed by atoms with Gasteiger partial charge in [0, 0.05) is 0 Å². The van der Waals surface area contributed by atoms with Crippen LogP contribution >= 0.6 is 0 Å². The number of hydrogen-bond donors (Lipinski definition) is 0. The highest BCUT2D eigenvalue weighted by molar-refractivity contribution is 5.71. The van der Waals surface area contributed by atoms with Gasteiger partial charge in [-0.3, -0.25) is 0 Å². The molecule has 2 nitrogen and oxygen atoms in total. The van der Waals surface area contributed by atoms with Gasteiger partial charge in [-0.25, -0.2) is 0 Å². The van der Waals surface area contributed by atoms with Crippen molar-refractivity contribution in [3.05, 3.63) is 29.8 Å². The van der Waals surface area contributed by atoms with Crippen LogP contribution in [-0.4, -0.2) is 14.2 Å². The van der Waals surface area contributed by atoms with E-state index in [1.54, 1.807) is 14.2 Å². The molecule has 0 unspecified atom stereocenters. The van der Waals surface area contributed by atoms with Gasteiger partial charge in [-0.05, 0) is 48.1 Å². The lowest BCUT2D eigenvalue weighted by Gasteiger charge is -2.20. The molecule has 0 aliphatic heterocycles. The highest BCUT2D eigenvalue weighted by Crippen LogP contribution is 2.37. The number of fused-ring (bicyclic) bond motifs is 1. The lowest BCUT2D eigenvalue weighted by Crippen LogP contribution is -2.03. The summed E-state index contributed by atoms with van der Waals surface area (Å²) in [5.41, 5.74) is 3.76. The molecule has 2 heteroatoms. The molecule has 80 valence electrons. The SMILES string of the molecule is C=C1CCCc2cc(OC)c(OC)cc21. The number of rotatable bonds is 2. The summed E-state index contributed by atoms with van der Waals surface area (Å²) in [4.78, 5) is 0. The van der Waals surface area contributed by atoms with Gasteiger partial charge in [0.15, 0.2) is 11.5 Å². The van der Waals surface area contributed by atoms with Crippen molar-refractivity contribution in [1.29, 1.82) is 0 Å². The summed E-state index contributed by atoms with van der Waals surface area (Å²) in [6.45, 7) is 4.09. The van der Waals surface area contributed by atoms with E-state index in [0.717, 1.165) is 24.3 Å². The molecule has 1 aliphatic rings. The van der Waals surface area contributed by atoms with Crippen molar-refractivity contribution in [3.8, 4) is 11.5 Å². The van der Waals surface area contributed by atoms with Crippen LogP contribution in [0.25, 0.3) is 5.57 Å². The molecule has 0 amide bonds. The van der Waals surface area contributed by atoms with Crippen LogP contribution in [0.15, 0.2) is 18.7 Å². The monoisotopic (exact) mass is 204 g/mol. The van der Waals surface area contributed by atoms with Gasteiger partial charge in [-0.1, -0.05) is 6.58 Å². The van der Waals surface area contributed by atoms with Gasteiger partial charge >= 0.3 is 0 Å². The van der Waals surface area contributed by atoms with Crippen molar-refractivity contribution in [1.82, 2.24) is 0 Å². The fourth-order valence-corrected chi connectivity index (χ4v) is 2.08. The van der Waals surface area contributed by atoms with Gasteiger partial charge in [0.1, 0.15) is 0 Å². The molecule has 0 aromatic heterocycles. The van der Waals surface area contributed by atoms with Crippen LogP contribution in [0.3, 0.4) is 0 Å². The molecule has 0 N–H and O–H groups in total. The predicted molar refractivity (Wildman–Crippen MR) is 61.5 cm³/mol. The van der Waals surface area contributed by atoms with E-state index in [9.17, 15) is 0 Å². The van der Waals surface area contributed by atoms with E-state index in [1.165, 1.54) is 23.1 Å². The summed E-state index contributed by atoms with van der Waals surface area (Å²) in [5, 5.41) is 0. The summed E-state index contributed by atoms with van der Waals surface area (Å²) in [6, 6.07) is 4.11. The van der Waals surface area contributed by atoms with Gasteiger partial charge in [0.2, 0.25) is 0 Å². The highest BCUT2D eigenvalue weighted by Gasteiger charge is 2.16. The summed E-state index contributed by atoms with van der Waals surface area (Å²) < 4.78 is 10.6. The first kappa shape index (κ1) is 10.1. The van der Waals surface area contributed by atoms with E-state index in [4.69, 9.17) is 9.47 Å². The van der Waals surface area contributed by atoms with E-state index in [1.807, 2.05) is 6.07 Å². The normalized spacial score (nSPS) is 14.7. The van der Waals surface area contributed by atoms with Crippen molar-refractivity contribution in [2.45, 2.75) is 19.3 Å². The summed E-state index contributed by atoms with van der Waals surface area (Å²) in [5.74, 6) is 1.60. The molecule has 0 bridgehead atoms. The molecule has 0 fully saturated rings. The molecule has 1 aromatic carbocycles. The van der Waals surface area contributed by atoms with Crippen LogP contribution in [0.5, 0.6) is 11.5 Å². The number of methoxy groups -OCH3 is 2. The molecule has 0 saturated carbocycles. The van der Waals surface area contributed by atoms with Crippen molar-refractivity contribution >= 4 is 5.57 Å². The highest BCUT2D eigenvalue weighted by atomic mass is 16.5. The maximum atomic E-state index is 5.28. The van der Waals surface area contributed by atoms with Crippen LogP contribution in [0, 0.1) is 0 Å². The lowest BCUT2D eigenvalue weighted by molar-refractivity contribution is 0.354. The third-order valence-corrected chi connectivity index (χ3v) is 2.91. The second-order valence-corrected chi connectivity index (χ2v) is 3.82. The Bertz CT molecular complexity index is 394. The molecule has 1 aromatic rings. The smallest absolute Gasteiger partial charge is 0.161 e. The van der Waals surface area contributed by atoms with Gasteiger partial charge in [-0.15, -0.1) is 0 Å². The van der Waals surface area contributed by atoms with Crippen molar-refractivity contribution < 1.29 is 9.47 Å². The first-order valence-corrected chi connectivity index (χ1v) is 5.19. The fourth-order valence-electron chi connectivity index (χ4n) is 2.08.